The molecule has 0 aliphatic rings. The molecular weight excluding hydrogens is 322 g/mol. The summed E-state index contributed by atoms with van der Waals surface area (Å²) in [5, 5.41) is 10.8. The molecule has 0 aromatic heterocycles. The molecule has 0 radical (unpaired) electrons. The summed E-state index contributed by atoms with van der Waals surface area (Å²) in [5.74, 6) is -0.0352. The second-order valence-corrected chi connectivity index (χ2v) is 5.02. The fraction of sp³-hybridized carbons (Fsp3) is 0.188. The van der Waals surface area contributed by atoms with Crippen LogP contribution in [0.4, 0.5) is 5.69 Å². The number of para-hydroxylation sites is 2. The minimum Gasteiger partial charge on any atom is -0.490 e. The van der Waals surface area contributed by atoms with Crippen molar-refractivity contribution < 1.29 is 19.2 Å². The number of halogens is 1. The summed E-state index contributed by atoms with van der Waals surface area (Å²) >= 11 is 5.72. The molecule has 0 aliphatic carbocycles. The Kier molecular flexibility index (Phi) is 5.54. The molecule has 120 valence electrons. The highest BCUT2D eigenvalue weighted by Crippen LogP contribution is 2.29. The number of nitro groups is 1. The first kappa shape index (κ1) is 16.8. The van der Waals surface area contributed by atoms with E-state index in [4.69, 9.17) is 21.1 Å². The van der Waals surface area contributed by atoms with Gasteiger partial charge < -0.3 is 9.47 Å². The predicted molar refractivity (Wildman–Crippen MR) is 85.3 cm³/mol. The number of ether oxygens (including phenoxy) is 2. The molecule has 0 saturated carbocycles. The van der Waals surface area contributed by atoms with Crippen LogP contribution in [0.15, 0.2) is 42.5 Å². The number of carbonyl (C=O) groups is 1. The van der Waals surface area contributed by atoms with Crippen LogP contribution in [0.5, 0.6) is 11.5 Å². The average molecular weight is 336 g/mol. The number of nitro benzene ring substituents is 1. The van der Waals surface area contributed by atoms with Crippen molar-refractivity contribution in [3.63, 3.8) is 0 Å². The van der Waals surface area contributed by atoms with Gasteiger partial charge in [-0.3, -0.25) is 10.1 Å². The zero-order valence-electron chi connectivity index (χ0n) is 12.3. The topological polar surface area (TPSA) is 78.7 Å². The van der Waals surface area contributed by atoms with Gasteiger partial charge in [-0.15, -0.1) is 0 Å². The van der Waals surface area contributed by atoms with Crippen molar-refractivity contribution in [2.75, 3.05) is 6.61 Å². The summed E-state index contributed by atoms with van der Waals surface area (Å²) in [6, 6.07) is 10.5. The van der Waals surface area contributed by atoms with Gasteiger partial charge in [-0.25, -0.2) is 4.79 Å². The summed E-state index contributed by atoms with van der Waals surface area (Å²) in [6.07, 6.45) is 0.811. The Bertz CT molecular complexity index is 732. The van der Waals surface area contributed by atoms with Crippen molar-refractivity contribution in [3.05, 3.63) is 63.2 Å². The highest BCUT2D eigenvalue weighted by Gasteiger charge is 2.18. The summed E-state index contributed by atoms with van der Waals surface area (Å²) in [4.78, 5) is 22.4. The first-order valence-corrected chi connectivity index (χ1v) is 7.28. The van der Waals surface area contributed by atoms with Crippen molar-refractivity contribution in [1.82, 2.24) is 0 Å². The van der Waals surface area contributed by atoms with E-state index in [0.29, 0.717) is 12.4 Å². The third kappa shape index (κ3) is 4.20. The van der Waals surface area contributed by atoms with E-state index < -0.39 is 10.9 Å². The van der Waals surface area contributed by atoms with E-state index >= 15 is 0 Å². The van der Waals surface area contributed by atoms with Gasteiger partial charge in [0.25, 0.3) is 5.69 Å². The maximum atomic E-state index is 12.2. The van der Waals surface area contributed by atoms with Gasteiger partial charge >= 0.3 is 5.97 Å². The van der Waals surface area contributed by atoms with Crippen molar-refractivity contribution in [1.29, 1.82) is 0 Å². The Morgan fingerprint density at radius 3 is 2.57 bits per heavy atom. The minimum atomic E-state index is -0.725. The number of hydrogen-bond donors (Lipinski definition) is 0. The summed E-state index contributed by atoms with van der Waals surface area (Å²) < 4.78 is 10.8. The lowest BCUT2D eigenvalue weighted by Crippen LogP contribution is -2.10. The second-order valence-electron chi connectivity index (χ2n) is 4.61. The SMILES string of the molecule is CCCOc1ccccc1OC(=O)c1ccc(Cl)c([N+](=O)[O-])c1. The van der Waals surface area contributed by atoms with Gasteiger partial charge in [0.15, 0.2) is 11.5 Å². The fourth-order valence-corrected chi connectivity index (χ4v) is 1.99. The van der Waals surface area contributed by atoms with Crippen LogP contribution in [0.3, 0.4) is 0 Å². The van der Waals surface area contributed by atoms with E-state index in [-0.39, 0.29) is 22.0 Å². The number of nitrogens with zero attached hydrogens (tertiary/aromatic N) is 1. The predicted octanol–water partition coefficient (Wildman–Crippen LogP) is 4.26. The van der Waals surface area contributed by atoms with Crippen LogP contribution in [-0.2, 0) is 0 Å². The van der Waals surface area contributed by atoms with E-state index in [1.54, 1.807) is 24.3 Å². The summed E-state index contributed by atoms with van der Waals surface area (Å²) in [6.45, 7) is 2.45. The fourth-order valence-electron chi connectivity index (χ4n) is 1.80. The smallest absolute Gasteiger partial charge is 0.343 e. The quantitative estimate of drug-likeness (QED) is 0.341. The van der Waals surface area contributed by atoms with Crippen LogP contribution in [-0.4, -0.2) is 17.5 Å². The van der Waals surface area contributed by atoms with Crippen molar-refractivity contribution in [2.45, 2.75) is 13.3 Å². The Hall–Kier alpha value is -2.60. The van der Waals surface area contributed by atoms with E-state index in [9.17, 15) is 14.9 Å². The van der Waals surface area contributed by atoms with Gasteiger partial charge in [0, 0.05) is 6.07 Å². The van der Waals surface area contributed by atoms with E-state index in [0.717, 1.165) is 12.5 Å². The molecule has 0 amide bonds. The van der Waals surface area contributed by atoms with Crippen LogP contribution in [0.25, 0.3) is 0 Å². The van der Waals surface area contributed by atoms with Crippen LogP contribution in [0, 0.1) is 10.1 Å². The lowest BCUT2D eigenvalue weighted by atomic mass is 10.2. The molecular formula is C16H14ClNO5. The van der Waals surface area contributed by atoms with Crippen LogP contribution >= 0.6 is 11.6 Å². The number of carbonyl (C=O) groups excluding carboxylic acids is 1. The lowest BCUT2D eigenvalue weighted by Gasteiger charge is -2.11. The monoisotopic (exact) mass is 335 g/mol. The first-order chi connectivity index (χ1) is 11.0. The normalized spacial score (nSPS) is 10.2. The highest BCUT2D eigenvalue weighted by atomic mass is 35.5. The molecule has 6 nitrogen and oxygen atoms in total. The van der Waals surface area contributed by atoms with Gasteiger partial charge in [0.2, 0.25) is 0 Å². The molecule has 0 unspecified atom stereocenters. The molecule has 0 bridgehead atoms. The van der Waals surface area contributed by atoms with Crippen molar-refractivity contribution in [3.8, 4) is 11.5 Å². The van der Waals surface area contributed by atoms with Gasteiger partial charge in [-0.05, 0) is 30.7 Å². The van der Waals surface area contributed by atoms with Gasteiger partial charge in [0.05, 0.1) is 17.1 Å². The highest BCUT2D eigenvalue weighted by molar-refractivity contribution is 6.32. The number of esters is 1. The minimum absolute atomic E-state index is 0.0337. The molecule has 0 aliphatic heterocycles. The van der Waals surface area contributed by atoms with Crippen molar-refractivity contribution in [2.24, 2.45) is 0 Å². The zero-order valence-corrected chi connectivity index (χ0v) is 13.1. The van der Waals surface area contributed by atoms with Gasteiger partial charge in [-0.2, -0.15) is 0 Å². The second kappa shape index (κ2) is 7.60. The molecule has 0 heterocycles. The first-order valence-electron chi connectivity index (χ1n) is 6.91. The average Bonchev–Trinajstić information content (AvgIpc) is 2.54. The summed E-state index contributed by atoms with van der Waals surface area (Å²) in [7, 11) is 0. The number of benzene rings is 2. The molecule has 0 saturated heterocycles. The molecule has 7 heteroatoms. The zero-order chi connectivity index (χ0) is 16.8. The molecule has 2 rings (SSSR count). The van der Waals surface area contributed by atoms with Crippen LogP contribution in [0.1, 0.15) is 23.7 Å². The van der Waals surface area contributed by atoms with E-state index in [1.165, 1.54) is 12.1 Å². The number of rotatable bonds is 6. The Balaban J connectivity index is 2.23. The maximum absolute atomic E-state index is 12.2. The Morgan fingerprint density at radius 2 is 1.91 bits per heavy atom. The standard InChI is InChI=1S/C16H14ClNO5/c1-2-9-22-14-5-3-4-6-15(14)23-16(19)11-7-8-12(17)13(10-11)18(20)21/h3-8,10H,2,9H2,1H3. The van der Waals surface area contributed by atoms with E-state index in [1.807, 2.05) is 6.92 Å². The maximum Gasteiger partial charge on any atom is 0.343 e. The summed E-state index contributed by atoms with van der Waals surface area (Å²) in [5.41, 5.74) is -0.317. The third-order valence-electron chi connectivity index (χ3n) is 2.89. The Morgan fingerprint density at radius 1 is 1.22 bits per heavy atom. The molecule has 23 heavy (non-hydrogen) atoms. The number of hydrogen-bond acceptors (Lipinski definition) is 5. The van der Waals surface area contributed by atoms with Gasteiger partial charge in [-0.1, -0.05) is 30.7 Å². The molecule has 0 atom stereocenters. The molecule has 2 aromatic carbocycles. The van der Waals surface area contributed by atoms with E-state index in [2.05, 4.69) is 0 Å². The van der Waals surface area contributed by atoms with Crippen LogP contribution in [0.2, 0.25) is 5.02 Å². The Labute approximate surface area is 137 Å². The molecule has 0 N–H and O–H groups in total. The molecule has 2 aromatic rings. The largest absolute Gasteiger partial charge is 0.490 e. The van der Waals surface area contributed by atoms with Crippen LogP contribution < -0.4 is 9.47 Å². The lowest BCUT2D eigenvalue weighted by molar-refractivity contribution is -0.384. The molecule has 0 fully saturated rings. The third-order valence-corrected chi connectivity index (χ3v) is 3.21. The van der Waals surface area contributed by atoms with Gasteiger partial charge in [0.1, 0.15) is 5.02 Å². The van der Waals surface area contributed by atoms with Crippen molar-refractivity contribution >= 4 is 23.3 Å². The molecule has 0 spiro atoms.